The van der Waals surface area contributed by atoms with E-state index in [0.29, 0.717) is 5.75 Å². The van der Waals surface area contributed by atoms with E-state index in [1.165, 1.54) is 11.8 Å². The first-order valence-electron chi connectivity index (χ1n) is 5.02. The van der Waals surface area contributed by atoms with Gasteiger partial charge in [-0.3, -0.25) is 4.79 Å². The van der Waals surface area contributed by atoms with Gasteiger partial charge in [-0.2, -0.15) is 0 Å². The molecule has 2 aromatic rings. The van der Waals surface area contributed by atoms with Gasteiger partial charge in [0.15, 0.2) is 5.12 Å². The van der Waals surface area contributed by atoms with Crippen LogP contribution in [0.4, 0.5) is 0 Å². The minimum Gasteiger partial charge on any atom is -0.288 e. The second-order valence-corrected chi connectivity index (χ2v) is 4.68. The van der Waals surface area contributed by atoms with Crippen molar-refractivity contribution in [3.63, 3.8) is 0 Å². The Kier molecular flexibility index (Phi) is 3.19. The summed E-state index contributed by atoms with van der Waals surface area (Å²) in [7, 11) is 0. The van der Waals surface area contributed by atoms with E-state index in [1.807, 2.05) is 31.2 Å². The van der Waals surface area contributed by atoms with Crippen LogP contribution in [0.5, 0.6) is 0 Å². The molecule has 2 rings (SSSR count). The number of benzene rings is 1. The highest BCUT2D eigenvalue weighted by Gasteiger charge is 2.06. The number of carbonyl (C=O) groups excluding carboxylic acids is 1. The average Bonchev–Trinajstić information content (AvgIpc) is 2.26. The van der Waals surface area contributed by atoms with Crippen molar-refractivity contribution in [2.75, 3.05) is 0 Å². The molecule has 0 N–H and O–H groups in total. The van der Waals surface area contributed by atoms with Gasteiger partial charge in [-0.15, -0.1) is 0 Å². The Morgan fingerprint density at radius 2 is 1.88 bits per heavy atom. The van der Waals surface area contributed by atoms with Gasteiger partial charge in [-0.1, -0.05) is 23.9 Å². The number of para-hydroxylation sites is 2. The number of carbonyl (C=O) groups is 1. The maximum absolute atomic E-state index is 10.9. The number of hydrogen-bond acceptors (Lipinski definition) is 4. The molecule has 1 heterocycles. The van der Waals surface area contributed by atoms with Crippen LogP contribution in [0, 0.1) is 6.92 Å². The number of aromatic nitrogens is 2. The molecule has 4 heteroatoms. The van der Waals surface area contributed by atoms with Crippen molar-refractivity contribution in [1.29, 1.82) is 0 Å². The molecule has 16 heavy (non-hydrogen) atoms. The second kappa shape index (κ2) is 4.61. The van der Waals surface area contributed by atoms with Crippen LogP contribution < -0.4 is 0 Å². The number of nitrogens with zero attached hydrogens (tertiary/aromatic N) is 2. The molecule has 0 amide bonds. The highest BCUT2D eigenvalue weighted by molar-refractivity contribution is 8.12. The Morgan fingerprint density at radius 1 is 1.25 bits per heavy atom. The smallest absolute Gasteiger partial charge is 0.186 e. The lowest BCUT2D eigenvalue weighted by atomic mass is 10.2. The quantitative estimate of drug-likeness (QED) is 0.798. The van der Waals surface area contributed by atoms with E-state index in [4.69, 9.17) is 0 Å². The van der Waals surface area contributed by atoms with Crippen LogP contribution in [-0.2, 0) is 10.5 Å². The van der Waals surface area contributed by atoms with E-state index in [1.54, 1.807) is 6.92 Å². The maximum Gasteiger partial charge on any atom is 0.186 e. The van der Waals surface area contributed by atoms with Crippen molar-refractivity contribution in [3.8, 4) is 0 Å². The Balaban J connectivity index is 2.38. The zero-order valence-corrected chi connectivity index (χ0v) is 10.0. The molecule has 0 aliphatic carbocycles. The summed E-state index contributed by atoms with van der Waals surface area (Å²) in [5, 5.41) is 0.106. The first-order valence-corrected chi connectivity index (χ1v) is 6.01. The van der Waals surface area contributed by atoms with Gasteiger partial charge in [0.05, 0.1) is 22.4 Å². The fraction of sp³-hybridized carbons (Fsp3) is 0.250. The monoisotopic (exact) mass is 232 g/mol. The van der Waals surface area contributed by atoms with Crippen LogP contribution in [0.1, 0.15) is 18.3 Å². The van der Waals surface area contributed by atoms with Crippen molar-refractivity contribution in [1.82, 2.24) is 9.97 Å². The third-order valence-electron chi connectivity index (χ3n) is 2.26. The average molecular weight is 232 g/mol. The minimum atomic E-state index is 0.106. The summed E-state index contributed by atoms with van der Waals surface area (Å²) in [5.74, 6) is 0.596. The molecule has 0 radical (unpaired) electrons. The van der Waals surface area contributed by atoms with Crippen molar-refractivity contribution >= 4 is 27.9 Å². The van der Waals surface area contributed by atoms with Crippen LogP contribution in [-0.4, -0.2) is 15.1 Å². The second-order valence-electron chi connectivity index (χ2n) is 3.52. The number of aryl methyl sites for hydroxylation is 1. The number of hydrogen-bond donors (Lipinski definition) is 0. The Hall–Kier alpha value is -1.42. The topological polar surface area (TPSA) is 42.9 Å². The molecule has 0 unspecified atom stereocenters. The maximum atomic E-state index is 10.9. The van der Waals surface area contributed by atoms with Gasteiger partial charge in [-0.25, -0.2) is 9.97 Å². The molecule has 0 atom stereocenters. The van der Waals surface area contributed by atoms with Gasteiger partial charge >= 0.3 is 0 Å². The number of thioether (sulfide) groups is 1. The van der Waals surface area contributed by atoms with Crippen LogP contribution in [0.2, 0.25) is 0 Å². The van der Waals surface area contributed by atoms with Crippen LogP contribution >= 0.6 is 11.8 Å². The van der Waals surface area contributed by atoms with E-state index >= 15 is 0 Å². The van der Waals surface area contributed by atoms with Gasteiger partial charge in [0, 0.05) is 12.7 Å². The van der Waals surface area contributed by atoms with E-state index in [0.717, 1.165) is 22.4 Å². The molecule has 0 aliphatic heterocycles. The van der Waals surface area contributed by atoms with Crippen molar-refractivity contribution in [2.45, 2.75) is 19.6 Å². The van der Waals surface area contributed by atoms with E-state index < -0.39 is 0 Å². The van der Waals surface area contributed by atoms with Crippen LogP contribution in [0.3, 0.4) is 0 Å². The molecule has 0 saturated carbocycles. The van der Waals surface area contributed by atoms with Gasteiger partial charge in [0.2, 0.25) is 0 Å². The normalized spacial score (nSPS) is 10.6. The van der Waals surface area contributed by atoms with Gasteiger partial charge in [-0.05, 0) is 19.1 Å². The van der Waals surface area contributed by atoms with Crippen LogP contribution in [0.25, 0.3) is 11.0 Å². The molecule has 0 fully saturated rings. The van der Waals surface area contributed by atoms with Gasteiger partial charge in [0.25, 0.3) is 0 Å². The number of fused-ring (bicyclic) bond motifs is 1. The first kappa shape index (κ1) is 11.1. The Bertz CT molecular complexity index is 540. The molecule has 3 nitrogen and oxygen atoms in total. The fourth-order valence-electron chi connectivity index (χ4n) is 1.43. The molecular weight excluding hydrogens is 220 g/mol. The van der Waals surface area contributed by atoms with Crippen molar-refractivity contribution < 1.29 is 4.79 Å². The summed E-state index contributed by atoms with van der Waals surface area (Å²) in [6.45, 7) is 3.49. The summed E-state index contributed by atoms with van der Waals surface area (Å²) in [6, 6.07) is 7.76. The molecule has 82 valence electrons. The van der Waals surface area contributed by atoms with Gasteiger partial charge in [0.1, 0.15) is 0 Å². The lowest BCUT2D eigenvalue weighted by molar-refractivity contribution is -0.109. The molecule has 0 bridgehead atoms. The predicted molar refractivity (Wildman–Crippen MR) is 66.3 cm³/mol. The summed E-state index contributed by atoms with van der Waals surface area (Å²) in [5.41, 5.74) is 3.56. The van der Waals surface area contributed by atoms with Gasteiger partial charge < -0.3 is 0 Å². The molecule has 0 aliphatic rings. The summed E-state index contributed by atoms with van der Waals surface area (Å²) in [6.07, 6.45) is 0. The highest BCUT2D eigenvalue weighted by Crippen LogP contribution is 2.17. The molecule has 1 aromatic heterocycles. The zero-order valence-electron chi connectivity index (χ0n) is 9.23. The van der Waals surface area contributed by atoms with E-state index in [9.17, 15) is 4.79 Å². The van der Waals surface area contributed by atoms with E-state index in [-0.39, 0.29) is 5.12 Å². The predicted octanol–water partition coefficient (Wildman–Crippen LogP) is 2.72. The lowest BCUT2D eigenvalue weighted by Crippen LogP contribution is -1.98. The molecule has 0 saturated heterocycles. The Morgan fingerprint density at radius 3 is 2.50 bits per heavy atom. The van der Waals surface area contributed by atoms with Crippen molar-refractivity contribution in [3.05, 3.63) is 35.7 Å². The summed E-state index contributed by atoms with van der Waals surface area (Å²) >= 11 is 1.27. The van der Waals surface area contributed by atoms with E-state index in [2.05, 4.69) is 9.97 Å². The zero-order chi connectivity index (χ0) is 11.5. The molecule has 1 aromatic carbocycles. The standard InChI is InChI=1S/C12H12N2OS/c1-8-12(7-16-9(2)15)14-11-6-4-3-5-10(11)13-8/h3-6H,7H2,1-2H3. The summed E-state index contributed by atoms with van der Waals surface area (Å²) < 4.78 is 0. The Labute approximate surface area is 98.3 Å². The van der Waals surface area contributed by atoms with Crippen LogP contribution in [0.15, 0.2) is 24.3 Å². The molecule has 0 spiro atoms. The fourth-order valence-corrected chi connectivity index (χ4v) is 2.04. The molecular formula is C12H12N2OS. The largest absolute Gasteiger partial charge is 0.288 e. The highest BCUT2D eigenvalue weighted by atomic mass is 32.2. The third-order valence-corrected chi connectivity index (χ3v) is 3.08. The summed E-state index contributed by atoms with van der Waals surface area (Å²) in [4.78, 5) is 19.9. The van der Waals surface area contributed by atoms with Crippen molar-refractivity contribution in [2.24, 2.45) is 0 Å². The lowest BCUT2D eigenvalue weighted by Gasteiger charge is -2.04. The SMILES string of the molecule is CC(=O)SCc1nc2ccccc2nc1C. The number of rotatable bonds is 2. The first-order chi connectivity index (χ1) is 7.66. The third kappa shape index (κ3) is 2.39. The minimum absolute atomic E-state index is 0.106.